The molecule has 0 atom stereocenters. The second-order valence-corrected chi connectivity index (χ2v) is 5.91. The molecular weight excluding hydrogens is 394 g/mol. The third kappa shape index (κ3) is 6.00. The van der Waals surface area contributed by atoms with Crippen molar-refractivity contribution in [2.75, 3.05) is 24.7 Å². The third-order valence-electron chi connectivity index (χ3n) is 3.71. The molecule has 0 unspecified atom stereocenters. The van der Waals surface area contributed by atoms with Gasteiger partial charge in [0, 0.05) is 5.69 Å². The first-order chi connectivity index (χ1) is 14.2. The number of esters is 3. The van der Waals surface area contributed by atoms with E-state index in [0.29, 0.717) is 0 Å². The molecule has 0 amide bonds. The van der Waals surface area contributed by atoms with Gasteiger partial charge in [0.05, 0.1) is 25.4 Å². The van der Waals surface area contributed by atoms with E-state index < -0.39 is 40.8 Å². The van der Waals surface area contributed by atoms with Crippen LogP contribution in [0.15, 0.2) is 47.2 Å². The Morgan fingerprint density at radius 3 is 1.50 bits per heavy atom. The van der Waals surface area contributed by atoms with Crippen molar-refractivity contribution in [1.29, 1.82) is 0 Å². The topological polar surface area (TPSA) is 123 Å². The number of carbonyl (C=O) groups excluding carboxylic acids is 3. The van der Waals surface area contributed by atoms with Crippen LogP contribution in [0.1, 0.15) is 45.0 Å². The van der Waals surface area contributed by atoms with E-state index >= 15 is 0 Å². The SMILES string of the molecule is CCOC(=O)/C(=C(/C)O)N(/C(C(=O)OCC)=C(\C)O)c1ccc(C(=O)OCC)cc1. The fourth-order valence-electron chi connectivity index (χ4n) is 2.53. The molecule has 0 radical (unpaired) electrons. The molecule has 1 rings (SSSR count). The molecular formula is C21H27NO8. The molecule has 0 heterocycles. The van der Waals surface area contributed by atoms with Crippen LogP contribution in [0.25, 0.3) is 0 Å². The molecule has 0 aliphatic rings. The lowest BCUT2D eigenvalue weighted by Gasteiger charge is -2.28. The number of carbonyl (C=O) groups is 3. The number of aliphatic hydroxyl groups is 2. The number of aliphatic hydroxyl groups excluding tert-OH is 2. The molecule has 30 heavy (non-hydrogen) atoms. The molecule has 9 heteroatoms. The monoisotopic (exact) mass is 421 g/mol. The van der Waals surface area contributed by atoms with Gasteiger partial charge in [-0.25, -0.2) is 14.4 Å². The Balaban J connectivity index is 3.67. The number of rotatable bonds is 9. The van der Waals surface area contributed by atoms with Crippen molar-refractivity contribution in [2.45, 2.75) is 34.6 Å². The highest BCUT2D eigenvalue weighted by Crippen LogP contribution is 2.29. The first-order valence-electron chi connectivity index (χ1n) is 9.40. The van der Waals surface area contributed by atoms with E-state index in [4.69, 9.17) is 14.2 Å². The van der Waals surface area contributed by atoms with E-state index in [-0.39, 0.29) is 31.1 Å². The largest absolute Gasteiger partial charge is 0.510 e. The molecule has 0 saturated heterocycles. The van der Waals surface area contributed by atoms with Crippen molar-refractivity contribution in [1.82, 2.24) is 0 Å². The predicted molar refractivity (Wildman–Crippen MR) is 109 cm³/mol. The molecule has 0 aliphatic carbocycles. The van der Waals surface area contributed by atoms with Crippen LogP contribution in [0, 0.1) is 0 Å². The summed E-state index contributed by atoms with van der Waals surface area (Å²) in [5.74, 6) is -3.29. The molecule has 0 aromatic heterocycles. The second-order valence-electron chi connectivity index (χ2n) is 5.91. The van der Waals surface area contributed by atoms with E-state index in [1.165, 1.54) is 38.1 Å². The summed E-state index contributed by atoms with van der Waals surface area (Å²) in [4.78, 5) is 38.0. The molecule has 0 saturated carbocycles. The summed E-state index contributed by atoms with van der Waals surface area (Å²) in [6.45, 7) is 7.55. The highest BCUT2D eigenvalue weighted by atomic mass is 16.5. The lowest BCUT2D eigenvalue weighted by atomic mass is 10.1. The van der Waals surface area contributed by atoms with Gasteiger partial charge in [0.15, 0.2) is 11.4 Å². The van der Waals surface area contributed by atoms with E-state index in [2.05, 4.69) is 0 Å². The van der Waals surface area contributed by atoms with Gasteiger partial charge in [0.2, 0.25) is 0 Å². The fourth-order valence-corrected chi connectivity index (χ4v) is 2.53. The van der Waals surface area contributed by atoms with Gasteiger partial charge < -0.3 is 24.4 Å². The Bertz CT molecular complexity index is 791. The van der Waals surface area contributed by atoms with Crippen molar-refractivity contribution < 1.29 is 38.8 Å². The summed E-state index contributed by atoms with van der Waals surface area (Å²) in [6.07, 6.45) is 0. The Hall–Kier alpha value is -3.49. The van der Waals surface area contributed by atoms with Crippen molar-refractivity contribution in [3.8, 4) is 0 Å². The zero-order valence-corrected chi connectivity index (χ0v) is 17.7. The number of anilines is 1. The van der Waals surface area contributed by atoms with Gasteiger partial charge in [-0.3, -0.25) is 4.90 Å². The normalized spacial score (nSPS) is 12.3. The van der Waals surface area contributed by atoms with Crippen LogP contribution in [0.3, 0.4) is 0 Å². The molecule has 9 nitrogen and oxygen atoms in total. The summed E-state index contributed by atoms with van der Waals surface area (Å²) < 4.78 is 14.9. The Kier molecular flexibility index (Phi) is 9.41. The van der Waals surface area contributed by atoms with Gasteiger partial charge in [-0.1, -0.05) is 0 Å². The van der Waals surface area contributed by atoms with E-state index in [1.54, 1.807) is 20.8 Å². The van der Waals surface area contributed by atoms with Crippen LogP contribution in [0.4, 0.5) is 5.69 Å². The number of hydrogen-bond donors (Lipinski definition) is 2. The van der Waals surface area contributed by atoms with Crippen molar-refractivity contribution in [3.05, 3.63) is 52.7 Å². The molecule has 1 aromatic rings. The number of benzene rings is 1. The zero-order chi connectivity index (χ0) is 22.8. The molecule has 164 valence electrons. The maximum absolute atomic E-state index is 12.6. The minimum atomic E-state index is -0.921. The van der Waals surface area contributed by atoms with Gasteiger partial charge in [-0.2, -0.15) is 0 Å². The van der Waals surface area contributed by atoms with Gasteiger partial charge >= 0.3 is 17.9 Å². The quantitative estimate of drug-likeness (QED) is 0.267. The van der Waals surface area contributed by atoms with Crippen LogP contribution >= 0.6 is 0 Å². The smallest absolute Gasteiger partial charge is 0.358 e. The van der Waals surface area contributed by atoms with Gasteiger partial charge in [-0.15, -0.1) is 0 Å². The van der Waals surface area contributed by atoms with E-state index in [1.807, 2.05) is 0 Å². The van der Waals surface area contributed by atoms with Crippen molar-refractivity contribution in [3.63, 3.8) is 0 Å². The van der Waals surface area contributed by atoms with Crippen LogP contribution in [-0.4, -0.2) is 47.9 Å². The number of allylic oxidation sites excluding steroid dienone is 2. The van der Waals surface area contributed by atoms with Crippen molar-refractivity contribution >= 4 is 23.6 Å². The first kappa shape index (κ1) is 24.5. The lowest BCUT2D eigenvalue weighted by molar-refractivity contribution is -0.139. The minimum Gasteiger partial charge on any atom is -0.510 e. The lowest BCUT2D eigenvalue weighted by Crippen LogP contribution is -2.34. The molecule has 0 aliphatic heterocycles. The highest BCUT2D eigenvalue weighted by Gasteiger charge is 2.32. The Morgan fingerprint density at radius 2 is 1.17 bits per heavy atom. The first-order valence-corrected chi connectivity index (χ1v) is 9.40. The molecule has 2 N–H and O–H groups in total. The Morgan fingerprint density at radius 1 is 0.767 bits per heavy atom. The van der Waals surface area contributed by atoms with Crippen LogP contribution in [-0.2, 0) is 23.8 Å². The summed E-state index contributed by atoms with van der Waals surface area (Å²) in [6, 6.07) is 5.70. The highest BCUT2D eigenvalue weighted by molar-refractivity contribution is 6.02. The van der Waals surface area contributed by atoms with Crippen LogP contribution < -0.4 is 4.90 Å². The number of ether oxygens (including phenoxy) is 3. The second kappa shape index (κ2) is 11.5. The summed E-state index contributed by atoms with van der Waals surface area (Å²) >= 11 is 0. The van der Waals surface area contributed by atoms with Gasteiger partial charge in [0.25, 0.3) is 0 Å². The Labute approximate surface area is 175 Å². The van der Waals surface area contributed by atoms with Gasteiger partial charge in [-0.05, 0) is 58.9 Å². The number of nitrogens with zero attached hydrogens (tertiary/aromatic N) is 1. The van der Waals surface area contributed by atoms with E-state index in [9.17, 15) is 24.6 Å². The predicted octanol–water partition coefficient (Wildman–Crippen LogP) is 3.37. The molecule has 0 bridgehead atoms. The zero-order valence-electron chi connectivity index (χ0n) is 17.7. The van der Waals surface area contributed by atoms with Crippen LogP contribution in [0.5, 0.6) is 0 Å². The fraction of sp³-hybridized carbons (Fsp3) is 0.381. The average molecular weight is 421 g/mol. The van der Waals surface area contributed by atoms with Crippen molar-refractivity contribution in [2.24, 2.45) is 0 Å². The standard InChI is InChI=1S/C21H27NO8/c1-6-28-19(25)15-9-11-16(12-10-15)22(17(13(4)23)20(26)29-7-2)18(14(5)24)21(27)30-8-3/h9-12,23-24H,6-8H2,1-5H3/b17-13+,18-14+. The summed E-state index contributed by atoms with van der Waals surface area (Å²) in [5.41, 5.74) is -0.351. The average Bonchev–Trinajstić information content (AvgIpc) is 2.67. The summed E-state index contributed by atoms with van der Waals surface area (Å²) in [5, 5.41) is 20.4. The summed E-state index contributed by atoms with van der Waals surface area (Å²) in [7, 11) is 0. The van der Waals surface area contributed by atoms with Gasteiger partial charge in [0.1, 0.15) is 11.5 Å². The van der Waals surface area contributed by atoms with Crippen LogP contribution in [0.2, 0.25) is 0 Å². The number of hydrogen-bond acceptors (Lipinski definition) is 9. The maximum atomic E-state index is 12.6. The maximum Gasteiger partial charge on any atom is 0.358 e. The third-order valence-corrected chi connectivity index (χ3v) is 3.71. The molecule has 0 fully saturated rings. The minimum absolute atomic E-state index is 0.0157. The molecule has 0 spiro atoms. The van der Waals surface area contributed by atoms with E-state index in [0.717, 1.165) is 4.90 Å². The molecule has 1 aromatic carbocycles.